The molecule has 1 aromatic carbocycles. The predicted molar refractivity (Wildman–Crippen MR) is 108 cm³/mol. The first-order valence-corrected chi connectivity index (χ1v) is 9.60. The molecule has 0 fully saturated rings. The van der Waals surface area contributed by atoms with Crippen molar-refractivity contribution < 1.29 is 14.3 Å². The second-order valence-corrected chi connectivity index (χ2v) is 6.90. The molecule has 4 rings (SSSR count). The average molecular weight is 394 g/mol. The van der Waals surface area contributed by atoms with Crippen LogP contribution >= 0.6 is 0 Å². The lowest BCUT2D eigenvalue weighted by atomic mass is 10.2. The quantitative estimate of drug-likeness (QED) is 0.715. The third-order valence-corrected chi connectivity index (χ3v) is 4.89. The number of benzene rings is 1. The van der Waals surface area contributed by atoms with Gasteiger partial charge in [0.2, 0.25) is 5.88 Å². The molecule has 8 heteroatoms. The number of nitrogens with zero attached hydrogens (tertiary/aromatic N) is 3. The van der Waals surface area contributed by atoms with Gasteiger partial charge in [-0.25, -0.2) is 9.97 Å². The van der Waals surface area contributed by atoms with Gasteiger partial charge < -0.3 is 14.8 Å². The highest BCUT2D eigenvalue weighted by molar-refractivity contribution is 5.91. The van der Waals surface area contributed by atoms with Gasteiger partial charge in [-0.3, -0.25) is 14.2 Å². The molecular formula is C21H22N4O4. The molecule has 0 spiro atoms. The lowest BCUT2D eigenvalue weighted by molar-refractivity contribution is -0.118. The molecular weight excluding hydrogens is 372 g/mol. The zero-order valence-electron chi connectivity index (χ0n) is 16.2. The largest absolute Gasteiger partial charge is 0.484 e. The molecule has 0 radical (unpaired) electrons. The number of rotatable bonds is 5. The molecule has 0 unspecified atom stereocenters. The molecule has 0 bridgehead atoms. The van der Waals surface area contributed by atoms with Crippen molar-refractivity contribution in [2.75, 3.05) is 19.0 Å². The van der Waals surface area contributed by atoms with Crippen LogP contribution in [0, 0.1) is 0 Å². The van der Waals surface area contributed by atoms with Crippen LogP contribution in [0.4, 0.5) is 5.69 Å². The molecule has 0 saturated heterocycles. The van der Waals surface area contributed by atoms with Crippen LogP contribution < -0.4 is 20.3 Å². The Morgan fingerprint density at radius 2 is 2.10 bits per heavy atom. The number of fused-ring (bicyclic) bond motifs is 2. The minimum absolute atomic E-state index is 0.0499. The van der Waals surface area contributed by atoms with Crippen LogP contribution in [0.5, 0.6) is 11.6 Å². The Morgan fingerprint density at radius 3 is 2.90 bits per heavy atom. The van der Waals surface area contributed by atoms with Crippen molar-refractivity contribution in [3.05, 3.63) is 52.7 Å². The van der Waals surface area contributed by atoms with Crippen LogP contribution in [0.1, 0.15) is 25.1 Å². The van der Waals surface area contributed by atoms with Crippen molar-refractivity contribution in [3.8, 4) is 11.6 Å². The van der Waals surface area contributed by atoms with E-state index in [0.29, 0.717) is 34.8 Å². The van der Waals surface area contributed by atoms with E-state index in [-0.39, 0.29) is 18.1 Å². The van der Waals surface area contributed by atoms with Gasteiger partial charge in [0.05, 0.1) is 29.9 Å². The maximum atomic E-state index is 12.9. The van der Waals surface area contributed by atoms with Gasteiger partial charge in [0.25, 0.3) is 11.5 Å². The topological polar surface area (TPSA) is 95.3 Å². The van der Waals surface area contributed by atoms with E-state index in [1.807, 2.05) is 0 Å². The van der Waals surface area contributed by atoms with E-state index in [0.717, 1.165) is 31.5 Å². The Kier molecular flexibility index (Phi) is 5.41. The van der Waals surface area contributed by atoms with E-state index >= 15 is 0 Å². The number of anilines is 1. The number of ether oxygens (including phenoxy) is 2. The van der Waals surface area contributed by atoms with Crippen LogP contribution in [-0.2, 0) is 17.8 Å². The first-order valence-electron chi connectivity index (χ1n) is 9.60. The highest BCUT2D eigenvalue weighted by Crippen LogP contribution is 2.20. The molecule has 1 amide bonds. The Labute approximate surface area is 167 Å². The Hall–Kier alpha value is -3.42. The van der Waals surface area contributed by atoms with Crippen molar-refractivity contribution in [1.82, 2.24) is 14.5 Å². The number of aryl methyl sites for hydroxylation is 1. The maximum absolute atomic E-state index is 12.9. The number of amides is 1. The first kappa shape index (κ1) is 18.9. The summed E-state index contributed by atoms with van der Waals surface area (Å²) in [7, 11) is 1.52. The Balaban J connectivity index is 1.47. The number of pyridine rings is 1. The fourth-order valence-electron chi connectivity index (χ4n) is 3.41. The van der Waals surface area contributed by atoms with Crippen LogP contribution in [0.2, 0.25) is 0 Å². The highest BCUT2D eigenvalue weighted by Gasteiger charge is 2.14. The summed E-state index contributed by atoms with van der Waals surface area (Å²) in [5.74, 6) is 1.44. The molecule has 2 aromatic heterocycles. The summed E-state index contributed by atoms with van der Waals surface area (Å²) < 4.78 is 12.3. The predicted octanol–water partition coefficient (Wildman–Crippen LogP) is 2.54. The van der Waals surface area contributed by atoms with Gasteiger partial charge in [-0.2, -0.15) is 0 Å². The number of aromatic nitrogens is 3. The van der Waals surface area contributed by atoms with Crippen molar-refractivity contribution in [3.63, 3.8) is 0 Å². The lowest BCUT2D eigenvalue weighted by Crippen LogP contribution is -2.24. The SMILES string of the molecule is COc1ccc(NC(=O)COc2ccc3nc4n(c(=O)c3c2)CCCCC4)cn1. The van der Waals surface area contributed by atoms with E-state index in [1.54, 1.807) is 34.9 Å². The molecule has 3 heterocycles. The van der Waals surface area contributed by atoms with Gasteiger partial charge in [0.1, 0.15) is 11.6 Å². The Bertz CT molecular complexity index is 1090. The molecule has 1 N–H and O–H groups in total. The van der Waals surface area contributed by atoms with E-state index in [1.165, 1.54) is 13.3 Å². The number of nitrogens with one attached hydrogen (secondary N) is 1. The summed E-state index contributed by atoms with van der Waals surface area (Å²) in [4.78, 5) is 33.7. The second kappa shape index (κ2) is 8.30. The summed E-state index contributed by atoms with van der Waals surface area (Å²) in [6, 6.07) is 8.50. The molecule has 0 atom stereocenters. The number of methoxy groups -OCH3 is 1. The third-order valence-electron chi connectivity index (χ3n) is 4.89. The molecule has 1 aliphatic rings. The molecule has 3 aromatic rings. The van der Waals surface area contributed by atoms with Crippen molar-refractivity contribution in [2.45, 2.75) is 32.2 Å². The molecule has 29 heavy (non-hydrogen) atoms. The second-order valence-electron chi connectivity index (χ2n) is 6.90. The van der Waals surface area contributed by atoms with E-state index < -0.39 is 0 Å². The van der Waals surface area contributed by atoms with Crippen molar-refractivity contribution >= 4 is 22.5 Å². The lowest BCUT2D eigenvalue weighted by Gasteiger charge is -2.11. The summed E-state index contributed by atoms with van der Waals surface area (Å²) in [6.45, 7) is 0.512. The van der Waals surface area contributed by atoms with Gasteiger partial charge in [-0.1, -0.05) is 6.42 Å². The van der Waals surface area contributed by atoms with Gasteiger partial charge in [0, 0.05) is 19.0 Å². The molecule has 1 aliphatic heterocycles. The summed E-state index contributed by atoms with van der Waals surface area (Å²) in [6.07, 6.45) is 5.47. The van der Waals surface area contributed by atoms with Crippen LogP contribution in [-0.4, -0.2) is 34.2 Å². The van der Waals surface area contributed by atoms with Crippen LogP contribution in [0.15, 0.2) is 41.3 Å². The summed E-state index contributed by atoms with van der Waals surface area (Å²) in [5.41, 5.74) is 1.15. The normalized spacial score (nSPS) is 13.4. The van der Waals surface area contributed by atoms with Gasteiger partial charge in [0.15, 0.2) is 6.61 Å². The molecule has 150 valence electrons. The average Bonchev–Trinajstić information content (AvgIpc) is 2.99. The number of carbonyl (C=O) groups is 1. The zero-order chi connectivity index (χ0) is 20.2. The van der Waals surface area contributed by atoms with E-state index in [4.69, 9.17) is 9.47 Å². The fourth-order valence-corrected chi connectivity index (χ4v) is 3.41. The summed E-state index contributed by atoms with van der Waals surface area (Å²) in [5, 5.41) is 3.21. The van der Waals surface area contributed by atoms with E-state index in [9.17, 15) is 9.59 Å². The van der Waals surface area contributed by atoms with Gasteiger partial charge in [-0.15, -0.1) is 0 Å². The van der Waals surface area contributed by atoms with Gasteiger partial charge in [-0.05, 0) is 37.1 Å². The van der Waals surface area contributed by atoms with Crippen LogP contribution in [0.3, 0.4) is 0 Å². The Morgan fingerprint density at radius 1 is 1.21 bits per heavy atom. The molecule has 8 nitrogen and oxygen atoms in total. The standard InChI is InChI=1S/C21H22N4O4/c1-28-20-9-6-14(12-22-20)23-19(26)13-29-15-7-8-17-16(11-15)21(27)25-10-4-2-3-5-18(25)24-17/h6-9,11-12H,2-5,10,13H2,1H3,(H,23,26). The van der Waals surface area contributed by atoms with Crippen molar-refractivity contribution in [1.29, 1.82) is 0 Å². The minimum Gasteiger partial charge on any atom is -0.484 e. The minimum atomic E-state index is -0.325. The van der Waals surface area contributed by atoms with Crippen molar-refractivity contribution in [2.24, 2.45) is 0 Å². The fraction of sp³-hybridized carbons (Fsp3) is 0.333. The van der Waals surface area contributed by atoms with Gasteiger partial charge >= 0.3 is 0 Å². The molecule has 0 aliphatic carbocycles. The smallest absolute Gasteiger partial charge is 0.262 e. The third kappa shape index (κ3) is 4.21. The van der Waals surface area contributed by atoms with Crippen LogP contribution in [0.25, 0.3) is 10.9 Å². The van der Waals surface area contributed by atoms with E-state index in [2.05, 4.69) is 15.3 Å². The monoisotopic (exact) mass is 394 g/mol. The summed E-state index contributed by atoms with van der Waals surface area (Å²) >= 11 is 0. The molecule has 0 saturated carbocycles. The number of hydrogen-bond acceptors (Lipinski definition) is 6. The highest BCUT2D eigenvalue weighted by atomic mass is 16.5. The number of hydrogen-bond donors (Lipinski definition) is 1. The zero-order valence-corrected chi connectivity index (χ0v) is 16.2. The maximum Gasteiger partial charge on any atom is 0.262 e. The number of carbonyl (C=O) groups excluding carboxylic acids is 1. The first-order chi connectivity index (χ1) is 14.1.